The quantitative estimate of drug-likeness (QED) is 0.480. The summed E-state index contributed by atoms with van der Waals surface area (Å²) in [6, 6.07) is 22.3. The van der Waals surface area contributed by atoms with Crippen LogP contribution in [0.1, 0.15) is 15.9 Å². The van der Waals surface area contributed by atoms with E-state index >= 15 is 0 Å². The van der Waals surface area contributed by atoms with Crippen molar-refractivity contribution in [1.29, 1.82) is 0 Å². The zero-order valence-corrected chi connectivity index (χ0v) is 16.1. The lowest BCUT2D eigenvalue weighted by Crippen LogP contribution is -2.11. The highest BCUT2D eigenvalue weighted by molar-refractivity contribution is 6.04. The fourth-order valence-corrected chi connectivity index (χ4v) is 3.25. The van der Waals surface area contributed by atoms with E-state index in [4.69, 9.17) is 4.74 Å². The lowest BCUT2D eigenvalue weighted by atomic mass is 10.1. The molecule has 0 saturated heterocycles. The summed E-state index contributed by atoms with van der Waals surface area (Å²) in [6.45, 7) is 1.95. The molecule has 5 aromatic rings. The van der Waals surface area contributed by atoms with Crippen LogP contribution in [0.15, 0.2) is 79.1 Å². The highest BCUT2D eigenvalue weighted by Gasteiger charge is 2.12. The molecule has 0 aliphatic rings. The standard InChI is InChI=1S/C23H17N5O2/c1-15-5-4-6-16(13-15)22(29)25-17-9-11-18(12-10-17)30-23-21-27-24-14-28(21)20-8-3-2-7-19(20)26-23/h2-14H,1H3,(H,25,29). The molecule has 1 amide bonds. The number of fused-ring (bicyclic) bond motifs is 3. The Morgan fingerprint density at radius 2 is 1.83 bits per heavy atom. The first-order valence-electron chi connectivity index (χ1n) is 9.42. The molecule has 0 aliphatic carbocycles. The molecule has 0 unspecified atom stereocenters. The molecule has 0 spiro atoms. The van der Waals surface area contributed by atoms with E-state index < -0.39 is 0 Å². The highest BCUT2D eigenvalue weighted by atomic mass is 16.5. The molecule has 7 heteroatoms. The van der Waals surface area contributed by atoms with Crippen molar-refractivity contribution in [1.82, 2.24) is 19.6 Å². The molecular weight excluding hydrogens is 378 g/mol. The number of aromatic nitrogens is 4. The largest absolute Gasteiger partial charge is 0.436 e. The first-order chi connectivity index (χ1) is 14.7. The van der Waals surface area contributed by atoms with E-state index in [1.165, 1.54) is 0 Å². The average Bonchev–Trinajstić information content (AvgIpc) is 3.26. The van der Waals surface area contributed by atoms with Gasteiger partial charge in [-0.2, -0.15) is 0 Å². The Morgan fingerprint density at radius 1 is 1.00 bits per heavy atom. The van der Waals surface area contributed by atoms with Crippen LogP contribution in [0.25, 0.3) is 16.7 Å². The second kappa shape index (κ2) is 7.29. The molecule has 2 aromatic heterocycles. The normalized spacial score (nSPS) is 11.0. The van der Waals surface area contributed by atoms with Gasteiger partial charge in [-0.1, -0.05) is 29.8 Å². The van der Waals surface area contributed by atoms with Gasteiger partial charge in [-0.3, -0.25) is 9.20 Å². The Labute approximate surface area is 172 Å². The maximum atomic E-state index is 12.4. The Morgan fingerprint density at radius 3 is 2.67 bits per heavy atom. The molecule has 1 N–H and O–H groups in total. The van der Waals surface area contributed by atoms with Crippen molar-refractivity contribution in [2.75, 3.05) is 5.32 Å². The minimum Gasteiger partial charge on any atom is -0.436 e. The van der Waals surface area contributed by atoms with Gasteiger partial charge in [0, 0.05) is 11.3 Å². The van der Waals surface area contributed by atoms with Gasteiger partial charge in [0.1, 0.15) is 12.1 Å². The zero-order chi connectivity index (χ0) is 20.5. The summed E-state index contributed by atoms with van der Waals surface area (Å²) in [5.74, 6) is 0.785. The van der Waals surface area contributed by atoms with Crippen LogP contribution in [0.5, 0.6) is 11.6 Å². The van der Waals surface area contributed by atoms with Crippen molar-refractivity contribution in [3.05, 3.63) is 90.3 Å². The number of aryl methyl sites for hydroxylation is 1. The molecule has 0 saturated carbocycles. The molecule has 3 aromatic carbocycles. The summed E-state index contributed by atoms with van der Waals surface area (Å²) in [7, 11) is 0. The average molecular weight is 395 g/mol. The van der Waals surface area contributed by atoms with Crippen LogP contribution in [0.2, 0.25) is 0 Å². The number of para-hydroxylation sites is 2. The monoisotopic (exact) mass is 395 g/mol. The number of ether oxygens (including phenoxy) is 1. The fourth-order valence-electron chi connectivity index (χ4n) is 3.25. The maximum absolute atomic E-state index is 12.4. The van der Waals surface area contributed by atoms with E-state index in [2.05, 4.69) is 20.5 Å². The first-order valence-corrected chi connectivity index (χ1v) is 9.42. The first kappa shape index (κ1) is 17.8. The highest BCUT2D eigenvalue weighted by Crippen LogP contribution is 2.27. The molecular formula is C23H17N5O2. The van der Waals surface area contributed by atoms with Crippen molar-refractivity contribution < 1.29 is 9.53 Å². The Bertz CT molecular complexity index is 1380. The molecule has 0 aliphatic heterocycles. The predicted octanol–water partition coefficient (Wildman–Crippen LogP) is 4.63. The zero-order valence-electron chi connectivity index (χ0n) is 16.1. The van der Waals surface area contributed by atoms with Gasteiger partial charge < -0.3 is 10.1 Å². The third-order valence-electron chi connectivity index (χ3n) is 4.71. The number of nitrogens with one attached hydrogen (secondary N) is 1. The predicted molar refractivity (Wildman–Crippen MR) is 114 cm³/mol. The third kappa shape index (κ3) is 3.33. The number of hydrogen-bond donors (Lipinski definition) is 1. The second-order valence-electron chi connectivity index (χ2n) is 6.88. The summed E-state index contributed by atoms with van der Waals surface area (Å²) in [6.07, 6.45) is 1.64. The van der Waals surface area contributed by atoms with Gasteiger partial charge in [0.25, 0.3) is 11.8 Å². The van der Waals surface area contributed by atoms with Crippen molar-refractivity contribution in [2.24, 2.45) is 0 Å². The topological polar surface area (TPSA) is 81.4 Å². The molecule has 7 nitrogen and oxygen atoms in total. The minimum atomic E-state index is -0.159. The fraction of sp³-hybridized carbons (Fsp3) is 0.0435. The molecule has 0 atom stereocenters. The number of benzene rings is 3. The Hall–Kier alpha value is -4.26. The number of amides is 1. The SMILES string of the molecule is Cc1cccc(C(=O)Nc2ccc(Oc3nc4ccccc4n4cnnc34)cc2)c1. The van der Waals surface area contributed by atoms with E-state index in [0.717, 1.165) is 16.6 Å². The van der Waals surface area contributed by atoms with Crippen LogP contribution in [-0.4, -0.2) is 25.5 Å². The van der Waals surface area contributed by atoms with Gasteiger partial charge in [0.2, 0.25) is 5.65 Å². The van der Waals surface area contributed by atoms with Crippen molar-refractivity contribution in [3.63, 3.8) is 0 Å². The Kier molecular flexibility index (Phi) is 4.33. The molecule has 5 rings (SSSR count). The van der Waals surface area contributed by atoms with Crippen LogP contribution in [0.3, 0.4) is 0 Å². The van der Waals surface area contributed by atoms with Gasteiger partial charge in [0.05, 0.1) is 11.0 Å². The summed E-state index contributed by atoms with van der Waals surface area (Å²) in [4.78, 5) is 17.0. The lowest BCUT2D eigenvalue weighted by Gasteiger charge is -2.09. The lowest BCUT2D eigenvalue weighted by molar-refractivity contribution is 0.102. The number of carbonyl (C=O) groups excluding carboxylic acids is 1. The molecule has 0 fully saturated rings. The second-order valence-corrected chi connectivity index (χ2v) is 6.88. The van der Waals surface area contributed by atoms with Crippen LogP contribution < -0.4 is 10.1 Å². The molecule has 2 heterocycles. The van der Waals surface area contributed by atoms with Gasteiger partial charge >= 0.3 is 0 Å². The third-order valence-corrected chi connectivity index (χ3v) is 4.71. The van der Waals surface area contributed by atoms with E-state index in [0.29, 0.717) is 28.5 Å². The Balaban J connectivity index is 1.38. The van der Waals surface area contributed by atoms with E-state index in [9.17, 15) is 4.79 Å². The summed E-state index contributed by atoms with van der Waals surface area (Å²) < 4.78 is 7.81. The van der Waals surface area contributed by atoms with Gasteiger partial charge in [-0.25, -0.2) is 4.98 Å². The summed E-state index contributed by atoms with van der Waals surface area (Å²) in [5, 5.41) is 11.0. The molecule has 0 bridgehead atoms. The van der Waals surface area contributed by atoms with Crippen molar-refractivity contribution >= 4 is 28.3 Å². The summed E-state index contributed by atoms with van der Waals surface area (Å²) in [5.41, 5.74) is 4.54. The number of anilines is 1. The van der Waals surface area contributed by atoms with Gasteiger partial charge in [-0.15, -0.1) is 10.2 Å². The van der Waals surface area contributed by atoms with E-state index in [1.807, 2.05) is 53.8 Å². The van der Waals surface area contributed by atoms with Crippen LogP contribution >= 0.6 is 0 Å². The summed E-state index contributed by atoms with van der Waals surface area (Å²) >= 11 is 0. The van der Waals surface area contributed by atoms with E-state index in [-0.39, 0.29) is 5.91 Å². The molecule has 0 radical (unpaired) electrons. The van der Waals surface area contributed by atoms with Crippen LogP contribution in [-0.2, 0) is 0 Å². The molecule has 30 heavy (non-hydrogen) atoms. The number of carbonyl (C=O) groups is 1. The van der Waals surface area contributed by atoms with Gasteiger partial charge in [-0.05, 0) is 55.5 Å². The number of nitrogens with zero attached hydrogens (tertiary/aromatic N) is 4. The number of rotatable bonds is 4. The minimum absolute atomic E-state index is 0.159. The van der Waals surface area contributed by atoms with Crippen LogP contribution in [0, 0.1) is 6.92 Å². The van der Waals surface area contributed by atoms with Gasteiger partial charge in [0.15, 0.2) is 0 Å². The number of hydrogen-bond acceptors (Lipinski definition) is 5. The van der Waals surface area contributed by atoms with Crippen molar-refractivity contribution in [2.45, 2.75) is 6.92 Å². The van der Waals surface area contributed by atoms with Crippen LogP contribution in [0.4, 0.5) is 5.69 Å². The molecule has 146 valence electrons. The maximum Gasteiger partial charge on any atom is 0.266 e. The smallest absolute Gasteiger partial charge is 0.266 e. The van der Waals surface area contributed by atoms with Crippen molar-refractivity contribution in [3.8, 4) is 11.6 Å². The van der Waals surface area contributed by atoms with E-state index in [1.54, 1.807) is 36.7 Å².